The van der Waals surface area contributed by atoms with Gasteiger partial charge in [-0.2, -0.15) is 0 Å². The number of hydrogen-bond donors (Lipinski definition) is 1. The van der Waals surface area contributed by atoms with Gasteiger partial charge in [0.2, 0.25) is 12.7 Å². The van der Waals surface area contributed by atoms with Crippen molar-refractivity contribution in [3.8, 4) is 11.5 Å². The third-order valence-electron chi connectivity index (χ3n) is 4.62. The number of nitrogens with one attached hydrogen (secondary N) is 1. The summed E-state index contributed by atoms with van der Waals surface area (Å²) in [5.41, 5.74) is 1.08. The fraction of sp³-hybridized carbons (Fsp3) is 0.444. The summed E-state index contributed by atoms with van der Waals surface area (Å²) in [4.78, 5) is 16.8. The van der Waals surface area contributed by atoms with Crippen LogP contribution in [0.25, 0.3) is 0 Å². The Kier molecular flexibility index (Phi) is 3.88. The van der Waals surface area contributed by atoms with Crippen LogP contribution in [0.3, 0.4) is 0 Å². The van der Waals surface area contributed by atoms with E-state index in [2.05, 4.69) is 10.3 Å². The molecular weight excluding hydrogens is 306 g/mol. The number of hydrogen-bond acceptors (Lipinski definition) is 4. The van der Waals surface area contributed by atoms with E-state index in [4.69, 9.17) is 9.47 Å². The van der Waals surface area contributed by atoms with E-state index in [1.54, 1.807) is 6.20 Å². The number of carbonyl (C=O) groups is 1. The molecule has 0 spiro atoms. The monoisotopic (exact) mass is 327 g/mol. The van der Waals surface area contributed by atoms with Crippen molar-refractivity contribution in [2.75, 3.05) is 6.79 Å². The van der Waals surface area contributed by atoms with E-state index >= 15 is 0 Å². The minimum atomic E-state index is 0.0225. The quantitative estimate of drug-likeness (QED) is 0.884. The number of carbonyl (C=O) groups excluding carboxylic acids is 1. The molecule has 1 fully saturated rings. The van der Waals surface area contributed by atoms with Gasteiger partial charge in [-0.3, -0.25) is 4.79 Å². The first-order valence-electron chi connectivity index (χ1n) is 8.36. The van der Waals surface area contributed by atoms with Gasteiger partial charge in [0.1, 0.15) is 5.82 Å². The van der Waals surface area contributed by atoms with Gasteiger partial charge in [-0.25, -0.2) is 4.98 Å². The van der Waals surface area contributed by atoms with E-state index in [9.17, 15) is 4.79 Å². The zero-order chi connectivity index (χ0) is 16.5. The van der Waals surface area contributed by atoms with Gasteiger partial charge >= 0.3 is 0 Å². The SMILES string of the molecule is Cn1ccnc1[C@@H](NC(=O)CCc1ccc2c(c1)OCO2)C1CC1. The predicted octanol–water partition coefficient (Wildman–Crippen LogP) is 2.35. The standard InChI is InChI=1S/C18H21N3O3/c1-21-9-8-19-18(21)17(13-4-5-13)20-16(22)7-3-12-2-6-14-15(10-12)24-11-23-14/h2,6,8-10,13,17H,3-5,7,11H2,1H3,(H,20,22)/t17-/m0/s1. The average molecular weight is 327 g/mol. The number of rotatable bonds is 6. The Morgan fingerprint density at radius 1 is 1.38 bits per heavy atom. The molecule has 6 heteroatoms. The highest BCUT2D eigenvalue weighted by Crippen LogP contribution is 2.40. The van der Waals surface area contributed by atoms with E-state index in [1.165, 1.54) is 0 Å². The summed E-state index contributed by atoms with van der Waals surface area (Å²) in [5, 5.41) is 3.17. The van der Waals surface area contributed by atoms with Crippen LogP contribution in [0.15, 0.2) is 30.6 Å². The average Bonchev–Trinajstić information content (AvgIpc) is 3.16. The molecule has 2 aliphatic rings. The molecule has 4 rings (SSSR count). The zero-order valence-corrected chi connectivity index (χ0v) is 13.7. The molecule has 2 aromatic rings. The Labute approximate surface area is 140 Å². The summed E-state index contributed by atoms with van der Waals surface area (Å²) < 4.78 is 12.7. The number of aryl methyl sites for hydroxylation is 2. The van der Waals surface area contributed by atoms with Gasteiger partial charge in [0.15, 0.2) is 11.5 Å². The van der Waals surface area contributed by atoms with Gasteiger partial charge in [-0.15, -0.1) is 0 Å². The predicted molar refractivity (Wildman–Crippen MR) is 87.7 cm³/mol. The normalized spacial score (nSPS) is 16.9. The minimum absolute atomic E-state index is 0.0225. The number of benzene rings is 1. The molecule has 126 valence electrons. The van der Waals surface area contributed by atoms with Gasteiger partial charge in [0.25, 0.3) is 0 Å². The lowest BCUT2D eigenvalue weighted by atomic mass is 10.1. The fourth-order valence-electron chi connectivity index (χ4n) is 3.10. The number of imidazole rings is 1. The highest BCUT2D eigenvalue weighted by atomic mass is 16.7. The number of ether oxygens (including phenoxy) is 2. The summed E-state index contributed by atoms with van der Waals surface area (Å²) in [5.74, 6) is 3.05. The Hall–Kier alpha value is -2.50. The first-order chi connectivity index (χ1) is 11.7. The number of amides is 1. The molecule has 1 aliphatic carbocycles. The molecular formula is C18H21N3O3. The minimum Gasteiger partial charge on any atom is -0.454 e. The lowest BCUT2D eigenvalue weighted by Crippen LogP contribution is -2.31. The maximum absolute atomic E-state index is 12.4. The molecule has 1 aromatic carbocycles. The van der Waals surface area contributed by atoms with Gasteiger partial charge in [0.05, 0.1) is 6.04 Å². The zero-order valence-electron chi connectivity index (χ0n) is 13.7. The molecule has 1 aliphatic heterocycles. The first kappa shape index (κ1) is 15.1. The van der Waals surface area contributed by atoms with Crippen molar-refractivity contribution >= 4 is 5.91 Å². The van der Waals surface area contributed by atoms with Crippen LogP contribution in [0.1, 0.15) is 36.7 Å². The van der Waals surface area contributed by atoms with Gasteiger partial charge in [0, 0.05) is 25.9 Å². The van der Waals surface area contributed by atoms with Crippen molar-refractivity contribution in [1.82, 2.24) is 14.9 Å². The van der Waals surface area contributed by atoms with Crippen molar-refractivity contribution in [3.63, 3.8) is 0 Å². The smallest absolute Gasteiger partial charge is 0.231 e. The van der Waals surface area contributed by atoms with Crippen LogP contribution in [0.5, 0.6) is 11.5 Å². The van der Waals surface area contributed by atoms with Crippen LogP contribution in [0.2, 0.25) is 0 Å². The summed E-state index contributed by atoms with van der Waals surface area (Å²) in [6.45, 7) is 0.270. The number of nitrogens with zero attached hydrogens (tertiary/aromatic N) is 2. The van der Waals surface area contributed by atoms with Crippen molar-refractivity contribution in [3.05, 3.63) is 42.0 Å². The van der Waals surface area contributed by atoms with Crippen LogP contribution in [-0.4, -0.2) is 22.3 Å². The molecule has 1 atom stereocenters. The largest absolute Gasteiger partial charge is 0.454 e. The molecule has 1 amide bonds. The van der Waals surface area contributed by atoms with E-state index in [1.807, 2.05) is 36.0 Å². The van der Waals surface area contributed by atoms with Crippen molar-refractivity contribution in [1.29, 1.82) is 0 Å². The van der Waals surface area contributed by atoms with E-state index in [-0.39, 0.29) is 18.7 Å². The number of aromatic nitrogens is 2. The van der Waals surface area contributed by atoms with Gasteiger partial charge < -0.3 is 19.4 Å². The van der Waals surface area contributed by atoms with Crippen molar-refractivity contribution in [2.24, 2.45) is 13.0 Å². The molecule has 1 saturated carbocycles. The van der Waals surface area contributed by atoms with E-state index < -0.39 is 0 Å². The Bertz CT molecular complexity index is 752. The summed E-state index contributed by atoms with van der Waals surface area (Å²) in [6.07, 6.45) is 7.14. The van der Waals surface area contributed by atoms with Crippen molar-refractivity contribution < 1.29 is 14.3 Å². The topological polar surface area (TPSA) is 65.4 Å². The van der Waals surface area contributed by atoms with Gasteiger partial charge in [-0.05, 0) is 42.9 Å². The Balaban J connectivity index is 1.36. The third kappa shape index (κ3) is 3.09. The van der Waals surface area contributed by atoms with Crippen LogP contribution in [0.4, 0.5) is 0 Å². The fourth-order valence-corrected chi connectivity index (χ4v) is 3.10. The number of fused-ring (bicyclic) bond motifs is 1. The molecule has 6 nitrogen and oxygen atoms in total. The van der Waals surface area contributed by atoms with Crippen LogP contribution in [0, 0.1) is 5.92 Å². The second-order valence-electron chi connectivity index (χ2n) is 6.47. The molecule has 2 heterocycles. The summed E-state index contributed by atoms with van der Waals surface area (Å²) >= 11 is 0. The lowest BCUT2D eigenvalue weighted by molar-refractivity contribution is -0.122. The van der Waals surface area contributed by atoms with Crippen LogP contribution in [-0.2, 0) is 18.3 Å². The third-order valence-corrected chi connectivity index (χ3v) is 4.62. The molecule has 0 saturated heterocycles. The molecule has 0 radical (unpaired) electrons. The van der Waals surface area contributed by atoms with E-state index in [0.717, 1.165) is 35.7 Å². The second kappa shape index (κ2) is 6.19. The Morgan fingerprint density at radius 2 is 2.21 bits per heavy atom. The highest BCUT2D eigenvalue weighted by molar-refractivity contribution is 5.76. The second-order valence-corrected chi connectivity index (χ2v) is 6.47. The van der Waals surface area contributed by atoms with Gasteiger partial charge in [-0.1, -0.05) is 6.07 Å². The van der Waals surface area contributed by atoms with Crippen LogP contribution >= 0.6 is 0 Å². The molecule has 0 unspecified atom stereocenters. The van der Waals surface area contributed by atoms with Crippen molar-refractivity contribution in [2.45, 2.75) is 31.7 Å². The summed E-state index contributed by atoms with van der Waals surface area (Å²) in [7, 11) is 1.97. The molecule has 1 N–H and O–H groups in total. The Morgan fingerprint density at radius 3 is 2.96 bits per heavy atom. The highest BCUT2D eigenvalue weighted by Gasteiger charge is 2.35. The lowest BCUT2D eigenvalue weighted by Gasteiger charge is -2.18. The molecule has 0 bridgehead atoms. The first-order valence-corrected chi connectivity index (χ1v) is 8.36. The van der Waals surface area contributed by atoms with E-state index in [0.29, 0.717) is 18.8 Å². The maximum Gasteiger partial charge on any atom is 0.231 e. The summed E-state index contributed by atoms with van der Waals surface area (Å²) in [6, 6.07) is 5.86. The molecule has 24 heavy (non-hydrogen) atoms. The molecule has 1 aromatic heterocycles. The maximum atomic E-state index is 12.4. The van der Waals surface area contributed by atoms with Crippen LogP contribution < -0.4 is 14.8 Å².